The van der Waals surface area contributed by atoms with E-state index in [0.717, 1.165) is 0 Å². The summed E-state index contributed by atoms with van der Waals surface area (Å²) >= 11 is 1.18. The van der Waals surface area contributed by atoms with E-state index in [0.29, 0.717) is 10.3 Å². The molecule has 2 heterocycles. The summed E-state index contributed by atoms with van der Waals surface area (Å²) in [5.74, 6) is 0. The topological polar surface area (TPSA) is 101 Å². The Balaban J connectivity index is 2.29. The van der Waals surface area contributed by atoms with Gasteiger partial charge in [0, 0.05) is 7.05 Å². The normalized spacial score (nSPS) is 10.3. The zero-order valence-electron chi connectivity index (χ0n) is 9.36. The van der Waals surface area contributed by atoms with Gasteiger partial charge in [-0.15, -0.1) is 10.1 Å². The molecule has 10 heteroatoms. The molecule has 0 saturated heterocycles. The smallest absolute Gasteiger partial charge is 0.323 e. The minimum Gasteiger partial charge on any atom is -0.467 e. The molecule has 9 nitrogen and oxygen atoms in total. The summed E-state index contributed by atoms with van der Waals surface area (Å²) in [5, 5.41) is 12.0. The number of aromatic nitrogens is 7. The summed E-state index contributed by atoms with van der Waals surface area (Å²) < 4.78 is 11.4. The average molecular weight is 255 g/mol. The van der Waals surface area contributed by atoms with Gasteiger partial charge in [0.05, 0.1) is 14.2 Å². The van der Waals surface area contributed by atoms with Crippen LogP contribution in [0.15, 0.2) is 10.3 Å². The van der Waals surface area contributed by atoms with Crippen LogP contribution in [-0.4, -0.2) is 49.4 Å². The molecule has 2 aromatic heterocycles. The maximum Gasteiger partial charge on any atom is 0.323 e. The third kappa shape index (κ3) is 2.58. The summed E-state index contributed by atoms with van der Waals surface area (Å²) in [6, 6.07) is 0.351. The molecule has 0 aliphatic heterocycles. The molecule has 90 valence electrons. The van der Waals surface area contributed by atoms with Crippen LogP contribution in [0.2, 0.25) is 0 Å². The van der Waals surface area contributed by atoms with Crippen molar-refractivity contribution in [2.75, 3.05) is 14.2 Å². The number of nitrogens with zero attached hydrogens (tertiary/aromatic N) is 7. The highest BCUT2D eigenvalue weighted by Crippen LogP contribution is 2.23. The van der Waals surface area contributed by atoms with Crippen molar-refractivity contribution in [2.45, 2.75) is 10.3 Å². The summed E-state index contributed by atoms with van der Waals surface area (Å²) in [6.07, 6.45) is 0. The van der Waals surface area contributed by atoms with Crippen molar-refractivity contribution in [1.82, 2.24) is 35.2 Å². The average Bonchev–Trinajstić information content (AvgIpc) is 2.74. The second-order valence-electron chi connectivity index (χ2n) is 2.78. The highest BCUT2D eigenvalue weighted by atomic mass is 32.2. The Morgan fingerprint density at radius 3 is 2.18 bits per heavy atom. The molecule has 0 bridgehead atoms. The fourth-order valence-corrected chi connectivity index (χ4v) is 1.59. The predicted octanol–water partition coefficient (Wildman–Crippen LogP) is -0.437. The minimum atomic E-state index is 0.175. The molecule has 0 saturated carbocycles. The van der Waals surface area contributed by atoms with Crippen molar-refractivity contribution in [2.24, 2.45) is 7.05 Å². The maximum atomic E-state index is 4.93. The molecular formula is C7H9N7O2S. The molecule has 0 fully saturated rings. The number of aryl methyl sites for hydroxylation is 1. The predicted molar refractivity (Wildman–Crippen MR) is 55.9 cm³/mol. The van der Waals surface area contributed by atoms with Crippen molar-refractivity contribution in [3.05, 3.63) is 0 Å². The van der Waals surface area contributed by atoms with Crippen LogP contribution in [0.4, 0.5) is 0 Å². The first kappa shape index (κ1) is 11.5. The molecule has 0 aromatic carbocycles. The van der Waals surface area contributed by atoms with Gasteiger partial charge in [0.1, 0.15) is 0 Å². The third-order valence-electron chi connectivity index (χ3n) is 1.70. The Hall–Kier alpha value is -1.97. The minimum absolute atomic E-state index is 0.175. The monoisotopic (exact) mass is 255 g/mol. The number of ether oxygens (including phenoxy) is 2. The Morgan fingerprint density at radius 2 is 1.71 bits per heavy atom. The van der Waals surface area contributed by atoms with Crippen LogP contribution in [0.25, 0.3) is 0 Å². The summed E-state index contributed by atoms with van der Waals surface area (Å²) in [5.41, 5.74) is 0. The van der Waals surface area contributed by atoms with Crippen LogP contribution in [-0.2, 0) is 7.05 Å². The van der Waals surface area contributed by atoms with Gasteiger partial charge < -0.3 is 9.47 Å². The SMILES string of the molecule is COc1nc(OC)nc(Sc2nnnn2C)n1. The van der Waals surface area contributed by atoms with E-state index >= 15 is 0 Å². The quantitative estimate of drug-likeness (QED) is 0.719. The Morgan fingerprint density at radius 1 is 1.06 bits per heavy atom. The van der Waals surface area contributed by atoms with Gasteiger partial charge >= 0.3 is 12.0 Å². The molecule has 17 heavy (non-hydrogen) atoms. The van der Waals surface area contributed by atoms with E-state index in [1.54, 1.807) is 7.05 Å². The molecule has 0 N–H and O–H groups in total. The van der Waals surface area contributed by atoms with Crippen molar-refractivity contribution >= 4 is 11.8 Å². The van der Waals surface area contributed by atoms with E-state index in [1.165, 1.54) is 30.7 Å². The van der Waals surface area contributed by atoms with E-state index in [9.17, 15) is 0 Å². The first-order valence-electron chi connectivity index (χ1n) is 4.47. The van der Waals surface area contributed by atoms with Crippen LogP contribution in [0.3, 0.4) is 0 Å². The molecule has 0 amide bonds. The van der Waals surface area contributed by atoms with Crippen LogP contribution >= 0.6 is 11.8 Å². The molecular weight excluding hydrogens is 246 g/mol. The lowest BCUT2D eigenvalue weighted by Gasteiger charge is -2.03. The zero-order valence-corrected chi connectivity index (χ0v) is 10.2. The molecule has 2 aromatic rings. The zero-order chi connectivity index (χ0) is 12.3. The van der Waals surface area contributed by atoms with Crippen molar-refractivity contribution in [1.29, 1.82) is 0 Å². The van der Waals surface area contributed by atoms with Gasteiger partial charge in [-0.25, -0.2) is 4.68 Å². The maximum absolute atomic E-state index is 4.93. The Bertz CT molecular complexity index is 494. The fourth-order valence-electron chi connectivity index (χ4n) is 0.938. The van der Waals surface area contributed by atoms with Gasteiger partial charge in [-0.05, 0) is 22.2 Å². The first-order chi connectivity index (χ1) is 8.22. The van der Waals surface area contributed by atoms with E-state index in [-0.39, 0.29) is 12.0 Å². The molecule has 0 aliphatic rings. The lowest BCUT2D eigenvalue weighted by Crippen LogP contribution is -2.01. The van der Waals surface area contributed by atoms with Gasteiger partial charge in [0.15, 0.2) is 0 Å². The fraction of sp³-hybridized carbons (Fsp3) is 0.429. The summed E-state index contributed by atoms with van der Waals surface area (Å²) in [7, 11) is 4.65. The number of methoxy groups -OCH3 is 2. The van der Waals surface area contributed by atoms with Crippen LogP contribution in [0.5, 0.6) is 12.0 Å². The summed E-state index contributed by atoms with van der Waals surface area (Å²) in [6.45, 7) is 0. The van der Waals surface area contributed by atoms with E-state index < -0.39 is 0 Å². The van der Waals surface area contributed by atoms with Crippen LogP contribution in [0.1, 0.15) is 0 Å². The van der Waals surface area contributed by atoms with E-state index in [2.05, 4.69) is 30.5 Å². The number of tetrazole rings is 1. The van der Waals surface area contributed by atoms with Gasteiger partial charge in [-0.2, -0.15) is 9.97 Å². The standard InChI is InChI=1S/C7H9N7O2S/c1-14-7(11-12-13-14)17-6-9-4(15-2)8-5(10-6)16-3/h1-3H3. The second-order valence-corrected chi connectivity index (χ2v) is 3.71. The van der Waals surface area contributed by atoms with Crippen molar-refractivity contribution < 1.29 is 9.47 Å². The molecule has 0 radical (unpaired) electrons. The molecule has 0 unspecified atom stereocenters. The second kappa shape index (κ2) is 4.91. The van der Waals surface area contributed by atoms with Gasteiger partial charge in [-0.1, -0.05) is 0 Å². The Labute approximate surface area is 101 Å². The van der Waals surface area contributed by atoms with Gasteiger partial charge in [0.2, 0.25) is 10.3 Å². The molecule has 0 aliphatic carbocycles. The number of hydrogen-bond donors (Lipinski definition) is 0. The van der Waals surface area contributed by atoms with Gasteiger partial charge in [-0.3, -0.25) is 0 Å². The number of hydrogen-bond acceptors (Lipinski definition) is 9. The highest BCUT2D eigenvalue weighted by Gasteiger charge is 2.12. The van der Waals surface area contributed by atoms with Crippen LogP contribution < -0.4 is 9.47 Å². The van der Waals surface area contributed by atoms with Gasteiger partial charge in [0.25, 0.3) is 0 Å². The Kier molecular flexibility index (Phi) is 3.32. The largest absolute Gasteiger partial charge is 0.467 e. The lowest BCUT2D eigenvalue weighted by atomic mass is 10.9. The molecule has 2 rings (SSSR count). The summed E-state index contributed by atoms with van der Waals surface area (Å²) in [4.78, 5) is 12.0. The van der Waals surface area contributed by atoms with E-state index in [4.69, 9.17) is 9.47 Å². The molecule has 0 atom stereocenters. The molecule has 0 spiro atoms. The first-order valence-corrected chi connectivity index (χ1v) is 5.29. The lowest BCUT2D eigenvalue weighted by molar-refractivity contribution is 0.332. The van der Waals surface area contributed by atoms with Crippen LogP contribution in [0, 0.1) is 0 Å². The third-order valence-corrected chi connectivity index (χ3v) is 2.60. The van der Waals surface area contributed by atoms with Crippen molar-refractivity contribution in [3.8, 4) is 12.0 Å². The number of rotatable bonds is 4. The van der Waals surface area contributed by atoms with Crippen molar-refractivity contribution in [3.63, 3.8) is 0 Å². The highest BCUT2D eigenvalue weighted by molar-refractivity contribution is 7.99. The van der Waals surface area contributed by atoms with E-state index in [1.807, 2.05) is 0 Å².